The summed E-state index contributed by atoms with van der Waals surface area (Å²) < 4.78 is 15.4. The third-order valence-electron chi connectivity index (χ3n) is 3.15. The molecule has 0 amide bonds. The largest absolute Gasteiger partial charge is 0.466 e. The second-order valence-corrected chi connectivity index (χ2v) is 4.27. The summed E-state index contributed by atoms with van der Waals surface area (Å²) in [4.78, 5) is 11.9. The van der Waals surface area contributed by atoms with Gasteiger partial charge in [0, 0.05) is 20.3 Å². The number of ether oxygens (including phenoxy) is 3. The molecule has 0 bridgehead atoms. The molecule has 0 saturated heterocycles. The van der Waals surface area contributed by atoms with Crippen LogP contribution in [0.3, 0.4) is 0 Å². The number of methoxy groups -OCH3 is 1. The normalized spacial score (nSPS) is 14.2. The van der Waals surface area contributed by atoms with E-state index >= 15 is 0 Å². The summed E-state index contributed by atoms with van der Waals surface area (Å²) >= 11 is 0. The smallest absolute Gasteiger partial charge is 0.313 e. The van der Waals surface area contributed by atoms with E-state index in [2.05, 4.69) is 0 Å². The van der Waals surface area contributed by atoms with Gasteiger partial charge in [-0.15, -0.1) is 0 Å². The zero-order valence-corrected chi connectivity index (χ0v) is 11.9. The van der Waals surface area contributed by atoms with Gasteiger partial charge in [-0.25, -0.2) is 0 Å². The van der Waals surface area contributed by atoms with Crippen LogP contribution in [-0.4, -0.2) is 46.1 Å². The van der Waals surface area contributed by atoms with E-state index in [0.717, 1.165) is 6.42 Å². The number of hydrogen-bond acceptors (Lipinski definition) is 5. The summed E-state index contributed by atoms with van der Waals surface area (Å²) in [5.74, 6) is -0.188. The van der Waals surface area contributed by atoms with E-state index in [1.807, 2.05) is 13.8 Å². The summed E-state index contributed by atoms with van der Waals surface area (Å²) in [7, 11) is 1.64. The molecule has 0 saturated carbocycles. The van der Waals surface area contributed by atoms with Gasteiger partial charge >= 0.3 is 5.97 Å². The molecule has 1 unspecified atom stereocenters. The van der Waals surface area contributed by atoms with Crippen LogP contribution in [0.1, 0.15) is 33.1 Å². The van der Waals surface area contributed by atoms with Gasteiger partial charge in [-0.2, -0.15) is 0 Å². The van der Waals surface area contributed by atoms with Crippen LogP contribution in [0.15, 0.2) is 0 Å². The van der Waals surface area contributed by atoms with Crippen molar-refractivity contribution in [2.75, 3.05) is 40.1 Å². The van der Waals surface area contributed by atoms with Crippen LogP contribution in [0.2, 0.25) is 0 Å². The molecular weight excluding hydrogens is 234 g/mol. The third kappa shape index (κ3) is 5.80. The number of hydrogen-bond donors (Lipinski definition) is 1. The molecule has 0 aromatic heterocycles. The van der Waals surface area contributed by atoms with E-state index in [0.29, 0.717) is 45.8 Å². The maximum atomic E-state index is 11.9. The first kappa shape index (κ1) is 17.4. The summed E-state index contributed by atoms with van der Waals surface area (Å²) in [5.41, 5.74) is 5.20. The van der Waals surface area contributed by atoms with Crippen LogP contribution in [0, 0.1) is 5.41 Å². The molecule has 0 heterocycles. The van der Waals surface area contributed by atoms with Gasteiger partial charge in [0.15, 0.2) is 0 Å². The highest BCUT2D eigenvalue weighted by Crippen LogP contribution is 2.28. The van der Waals surface area contributed by atoms with Crippen molar-refractivity contribution in [3.8, 4) is 0 Å². The molecule has 0 fully saturated rings. The Kier molecular flexibility index (Phi) is 9.92. The minimum atomic E-state index is -0.555. The molecular formula is C13H27NO4. The Morgan fingerprint density at radius 2 is 1.94 bits per heavy atom. The summed E-state index contributed by atoms with van der Waals surface area (Å²) in [5, 5.41) is 0. The lowest BCUT2D eigenvalue weighted by Crippen LogP contribution is -2.39. The molecule has 0 aromatic rings. The highest BCUT2D eigenvalue weighted by molar-refractivity contribution is 5.77. The van der Waals surface area contributed by atoms with Crippen molar-refractivity contribution < 1.29 is 19.0 Å². The van der Waals surface area contributed by atoms with E-state index in [-0.39, 0.29) is 5.97 Å². The standard InChI is InChI=1S/C13H27NO4/c1-4-13(11-14,12(15)18-5-2)7-6-8-17-10-9-16-3/h4-11,14H2,1-3H3. The Hall–Kier alpha value is -0.650. The van der Waals surface area contributed by atoms with E-state index < -0.39 is 5.41 Å². The van der Waals surface area contributed by atoms with Crippen LogP contribution in [0.4, 0.5) is 0 Å². The summed E-state index contributed by atoms with van der Waals surface area (Å²) in [6.07, 6.45) is 2.19. The van der Waals surface area contributed by atoms with Gasteiger partial charge in [-0.1, -0.05) is 6.92 Å². The molecule has 0 radical (unpaired) electrons. The van der Waals surface area contributed by atoms with Crippen LogP contribution in [-0.2, 0) is 19.0 Å². The Morgan fingerprint density at radius 1 is 1.22 bits per heavy atom. The van der Waals surface area contributed by atoms with Crippen LogP contribution >= 0.6 is 0 Å². The zero-order chi connectivity index (χ0) is 13.9. The third-order valence-corrected chi connectivity index (χ3v) is 3.15. The van der Waals surface area contributed by atoms with Crippen molar-refractivity contribution in [2.45, 2.75) is 33.1 Å². The molecule has 0 spiro atoms. The van der Waals surface area contributed by atoms with Crippen molar-refractivity contribution >= 4 is 5.97 Å². The minimum absolute atomic E-state index is 0.188. The first-order chi connectivity index (χ1) is 8.66. The lowest BCUT2D eigenvalue weighted by molar-refractivity contribution is -0.155. The van der Waals surface area contributed by atoms with Crippen LogP contribution in [0.5, 0.6) is 0 Å². The first-order valence-corrected chi connectivity index (χ1v) is 6.60. The highest BCUT2D eigenvalue weighted by Gasteiger charge is 2.36. The molecule has 18 heavy (non-hydrogen) atoms. The predicted molar refractivity (Wildman–Crippen MR) is 70.3 cm³/mol. The van der Waals surface area contributed by atoms with Crippen molar-refractivity contribution in [3.05, 3.63) is 0 Å². The minimum Gasteiger partial charge on any atom is -0.466 e. The molecule has 0 rings (SSSR count). The molecule has 108 valence electrons. The summed E-state index contributed by atoms with van der Waals surface area (Å²) in [6.45, 7) is 6.28. The van der Waals surface area contributed by atoms with Gasteiger partial charge in [0.1, 0.15) is 0 Å². The average Bonchev–Trinajstić information content (AvgIpc) is 2.39. The van der Waals surface area contributed by atoms with Crippen molar-refractivity contribution in [1.29, 1.82) is 0 Å². The number of nitrogens with two attached hydrogens (primary N) is 1. The number of esters is 1. The van der Waals surface area contributed by atoms with Crippen molar-refractivity contribution in [3.63, 3.8) is 0 Å². The molecule has 5 nitrogen and oxygen atoms in total. The van der Waals surface area contributed by atoms with Crippen molar-refractivity contribution in [2.24, 2.45) is 11.1 Å². The second kappa shape index (κ2) is 10.3. The van der Waals surface area contributed by atoms with Gasteiger partial charge in [0.2, 0.25) is 0 Å². The molecule has 0 aromatic carbocycles. The highest BCUT2D eigenvalue weighted by atomic mass is 16.5. The number of rotatable bonds is 11. The first-order valence-electron chi connectivity index (χ1n) is 6.60. The molecule has 0 aliphatic rings. The van der Waals surface area contributed by atoms with Gasteiger partial charge in [0.25, 0.3) is 0 Å². The van der Waals surface area contributed by atoms with E-state index in [1.165, 1.54) is 0 Å². The fraction of sp³-hybridized carbons (Fsp3) is 0.923. The van der Waals surface area contributed by atoms with Gasteiger partial charge < -0.3 is 19.9 Å². The van der Waals surface area contributed by atoms with E-state index in [1.54, 1.807) is 7.11 Å². The SMILES string of the molecule is CCOC(=O)C(CC)(CN)CCCOCCOC. The average molecular weight is 261 g/mol. The van der Waals surface area contributed by atoms with Gasteiger partial charge in [-0.05, 0) is 26.2 Å². The Bertz CT molecular complexity index is 217. The fourth-order valence-corrected chi connectivity index (χ4v) is 1.79. The topological polar surface area (TPSA) is 70.8 Å². The predicted octanol–water partition coefficient (Wildman–Crippen LogP) is 1.35. The van der Waals surface area contributed by atoms with Gasteiger partial charge in [-0.3, -0.25) is 4.79 Å². The summed E-state index contributed by atoms with van der Waals surface area (Å²) in [6, 6.07) is 0. The van der Waals surface area contributed by atoms with Crippen LogP contribution in [0.25, 0.3) is 0 Å². The molecule has 0 aliphatic heterocycles. The number of carbonyl (C=O) groups is 1. The van der Waals surface area contributed by atoms with Crippen LogP contribution < -0.4 is 5.73 Å². The maximum Gasteiger partial charge on any atom is 0.313 e. The zero-order valence-electron chi connectivity index (χ0n) is 11.9. The Morgan fingerprint density at radius 3 is 2.44 bits per heavy atom. The Labute approximate surface area is 110 Å². The van der Waals surface area contributed by atoms with E-state index in [9.17, 15) is 4.79 Å². The van der Waals surface area contributed by atoms with Crippen molar-refractivity contribution in [1.82, 2.24) is 0 Å². The molecule has 1 atom stereocenters. The molecule has 0 aliphatic carbocycles. The fourth-order valence-electron chi connectivity index (χ4n) is 1.79. The lowest BCUT2D eigenvalue weighted by atomic mass is 9.81. The number of carbonyl (C=O) groups excluding carboxylic acids is 1. The van der Waals surface area contributed by atoms with Gasteiger partial charge in [0.05, 0.1) is 25.2 Å². The monoisotopic (exact) mass is 261 g/mol. The molecule has 2 N–H and O–H groups in total. The maximum absolute atomic E-state index is 11.9. The molecule has 5 heteroatoms. The second-order valence-electron chi connectivity index (χ2n) is 4.27. The van der Waals surface area contributed by atoms with E-state index in [4.69, 9.17) is 19.9 Å². The quantitative estimate of drug-likeness (QED) is 0.449. The Balaban J connectivity index is 4.06. The lowest BCUT2D eigenvalue weighted by Gasteiger charge is -2.28.